The molecular formula is C17H14F2N2O. The number of nitrogens with one attached hydrogen (secondary N) is 2. The molecule has 3 rings (SSSR count). The second-order valence-corrected chi connectivity index (χ2v) is 5.10. The number of carbonyl (C=O) groups excluding carboxylic acids is 1. The quantitative estimate of drug-likeness (QED) is 0.761. The molecule has 22 heavy (non-hydrogen) atoms. The first kappa shape index (κ1) is 14.3. The Kier molecular flexibility index (Phi) is 3.63. The molecule has 112 valence electrons. The van der Waals surface area contributed by atoms with Gasteiger partial charge < -0.3 is 10.3 Å². The van der Waals surface area contributed by atoms with Gasteiger partial charge in [0.25, 0.3) is 5.91 Å². The van der Waals surface area contributed by atoms with E-state index in [2.05, 4.69) is 10.3 Å². The average Bonchev–Trinajstić information content (AvgIpc) is 2.84. The van der Waals surface area contributed by atoms with Crippen LogP contribution >= 0.6 is 0 Å². The number of carbonyl (C=O) groups is 1. The van der Waals surface area contributed by atoms with E-state index in [1.54, 1.807) is 31.2 Å². The van der Waals surface area contributed by atoms with Crippen LogP contribution < -0.4 is 5.32 Å². The van der Waals surface area contributed by atoms with Crippen molar-refractivity contribution in [2.24, 2.45) is 0 Å². The lowest BCUT2D eigenvalue weighted by Crippen LogP contribution is -2.23. The summed E-state index contributed by atoms with van der Waals surface area (Å²) in [5.41, 5.74) is 2.27. The second kappa shape index (κ2) is 5.60. The molecule has 0 fully saturated rings. The Morgan fingerprint density at radius 1 is 1.14 bits per heavy atom. The molecule has 1 amide bonds. The zero-order chi connectivity index (χ0) is 15.7. The van der Waals surface area contributed by atoms with Gasteiger partial charge in [-0.2, -0.15) is 0 Å². The van der Waals surface area contributed by atoms with E-state index in [1.165, 1.54) is 18.2 Å². The summed E-state index contributed by atoms with van der Waals surface area (Å²) >= 11 is 0. The van der Waals surface area contributed by atoms with Crippen molar-refractivity contribution in [3.63, 3.8) is 0 Å². The highest BCUT2D eigenvalue weighted by molar-refractivity contribution is 6.08. The maximum atomic E-state index is 14.0. The number of H-pyrrole nitrogens is 1. The molecule has 2 N–H and O–H groups in total. The number of fused-ring (bicyclic) bond motifs is 1. The molecule has 0 aliphatic carbocycles. The fourth-order valence-electron chi connectivity index (χ4n) is 2.49. The number of hydrogen-bond acceptors (Lipinski definition) is 1. The summed E-state index contributed by atoms with van der Waals surface area (Å²) in [7, 11) is 0. The third kappa shape index (κ3) is 2.57. The molecule has 1 heterocycles. The molecule has 1 aromatic heterocycles. The molecule has 5 heteroatoms. The summed E-state index contributed by atoms with van der Waals surface area (Å²) in [4.78, 5) is 15.4. The van der Waals surface area contributed by atoms with Crippen molar-refractivity contribution in [2.45, 2.75) is 13.5 Å². The number of amides is 1. The topological polar surface area (TPSA) is 44.9 Å². The molecule has 2 aromatic carbocycles. The zero-order valence-corrected chi connectivity index (χ0v) is 11.9. The van der Waals surface area contributed by atoms with Gasteiger partial charge in [0.15, 0.2) is 0 Å². The number of aromatic amines is 1. The molecule has 3 nitrogen and oxygen atoms in total. The van der Waals surface area contributed by atoms with Gasteiger partial charge in [-0.3, -0.25) is 4.79 Å². The summed E-state index contributed by atoms with van der Waals surface area (Å²) in [6.45, 7) is 1.98. The van der Waals surface area contributed by atoms with Crippen molar-refractivity contribution in [2.75, 3.05) is 0 Å². The van der Waals surface area contributed by atoms with Crippen molar-refractivity contribution in [1.82, 2.24) is 10.3 Å². The maximum Gasteiger partial charge on any atom is 0.254 e. The molecule has 0 saturated carbocycles. The second-order valence-electron chi connectivity index (χ2n) is 5.10. The fourth-order valence-corrected chi connectivity index (χ4v) is 2.49. The first-order chi connectivity index (χ1) is 10.6. The van der Waals surface area contributed by atoms with E-state index in [4.69, 9.17) is 0 Å². The van der Waals surface area contributed by atoms with E-state index >= 15 is 0 Å². The third-order valence-electron chi connectivity index (χ3n) is 3.55. The molecule has 0 bridgehead atoms. The van der Waals surface area contributed by atoms with Crippen LogP contribution in [0, 0.1) is 18.6 Å². The Morgan fingerprint density at radius 2 is 1.86 bits per heavy atom. The molecular weight excluding hydrogens is 286 g/mol. The van der Waals surface area contributed by atoms with E-state index in [1.807, 2.05) is 0 Å². The summed E-state index contributed by atoms with van der Waals surface area (Å²) in [6, 6.07) is 10.5. The number of aromatic nitrogens is 1. The standard InChI is InChI=1S/C17H14F2N2O/c1-10-15(16-13(19)3-2-4-14(16)21-10)17(22)20-9-11-5-7-12(18)8-6-11/h2-8,21H,9H2,1H3,(H,20,22). The minimum absolute atomic E-state index is 0.250. The summed E-state index contributed by atoms with van der Waals surface area (Å²) in [5, 5.41) is 3.02. The van der Waals surface area contributed by atoms with Crippen LogP contribution in [0.5, 0.6) is 0 Å². The number of hydrogen-bond donors (Lipinski definition) is 2. The first-order valence-electron chi connectivity index (χ1n) is 6.85. The Bertz CT molecular complexity index is 838. The molecule has 0 spiro atoms. The maximum absolute atomic E-state index is 14.0. The van der Waals surface area contributed by atoms with Crippen LogP contribution in [0.3, 0.4) is 0 Å². The lowest BCUT2D eigenvalue weighted by atomic mass is 10.1. The van der Waals surface area contributed by atoms with Gasteiger partial charge in [0.2, 0.25) is 0 Å². The van der Waals surface area contributed by atoms with Crippen molar-refractivity contribution >= 4 is 16.8 Å². The summed E-state index contributed by atoms with van der Waals surface area (Å²) < 4.78 is 26.8. The van der Waals surface area contributed by atoms with Crippen LogP contribution in [0.25, 0.3) is 10.9 Å². The normalized spacial score (nSPS) is 10.9. The SMILES string of the molecule is Cc1[nH]c2cccc(F)c2c1C(=O)NCc1ccc(F)cc1. The van der Waals surface area contributed by atoms with Crippen LogP contribution in [0.4, 0.5) is 8.78 Å². The number of halogens is 2. The molecule has 0 unspecified atom stereocenters. The van der Waals surface area contributed by atoms with Crippen molar-refractivity contribution in [3.8, 4) is 0 Å². The van der Waals surface area contributed by atoms with Crippen LogP contribution in [-0.4, -0.2) is 10.9 Å². The largest absolute Gasteiger partial charge is 0.358 e. The van der Waals surface area contributed by atoms with Gasteiger partial charge in [0.1, 0.15) is 11.6 Å². The highest BCUT2D eigenvalue weighted by Crippen LogP contribution is 2.24. The Labute approximate surface area is 126 Å². The third-order valence-corrected chi connectivity index (χ3v) is 3.55. The fraction of sp³-hybridized carbons (Fsp3) is 0.118. The monoisotopic (exact) mass is 300 g/mol. The molecule has 0 saturated heterocycles. The van der Waals surface area contributed by atoms with E-state index in [-0.39, 0.29) is 23.7 Å². The van der Waals surface area contributed by atoms with Crippen LogP contribution in [0.15, 0.2) is 42.5 Å². The first-order valence-corrected chi connectivity index (χ1v) is 6.85. The Balaban J connectivity index is 1.86. The summed E-state index contributed by atoms with van der Waals surface area (Å²) in [6.07, 6.45) is 0. The van der Waals surface area contributed by atoms with Gasteiger partial charge in [-0.15, -0.1) is 0 Å². The van der Waals surface area contributed by atoms with Gasteiger partial charge in [-0.25, -0.2) is 8.78 Å². The minimum Gasteiger partial charge on any atom is -0.358 e. The van der Waals surface area contributed by atoms with Gasteiger partial charge in [0, 0.05) is 23.1 Å². The van der Waals surface area contributed by atoms with Crippen LogP contribution in [0.2, 0.25) is 0 Å². The molecule has 3 aromatic rings. The molecule has 0 radical (unpaired) electrons. The minimum atomic E-state index is -0.436. The van der Waals surface area contributed by atoms with Gasteiger partial charge in [-0.1, -0.05) is 18.2 Å². The molecule has 0 aliphatic heterocycles. The smallest absolute Gasteiger partial charge is 0.254 e. The van der Waals surface area contributed by atoms with Gasteiger partial charge >= 0.3 is 0 Å². The summed E-state index contributed by atoms with van der Waals surface area (Å²) in [5.74, 6) is -1.13. The predicted molar refractivity (Wildman–Crippen MR) is 80.6 cm³/mol. The zero-order valence-electron chi connectivity index (χ0n) is 11.9. The van der Waals surface area contributed by atoms with Crippen LogP contribution in [-0.2, 0) is 6.54 Å². The van der Waals surface area contributed by atoms with E-state index in [0.717, 1.165) is 5.56 Å². The highest BCUT2D eigenvalue weighted by Gasteiger charge is 2.18. The van der Waals surface area contributed by atoms with E-state index in [0.29, 0.717) is 16.8 Å². The van der Waals surface area contributed by atoms with Crippen molar-refractivity contribution in [1.29, 1.82) is 0 Å². The van der Waals surface area contributed by atoms with E-state index in [9.17, 15) is 13.6 Å². The van der Waals surface area contributed by atoms with Crippen LogP contribution in [0.1, 0.15) is 21.6 Å². The van der Waals surface area contributed by atoms with Crippen molar-refractivity contribution in [3.05, 3.63) is 70.9 Å². The lowest BCUT2D eigenvalue weighted by Gasteiger charge is -2.06. The Hall–Kier alpha value is -2.69. The lowest BCUT2D eigenvalue weighted by molar-refractivity contribution is 0.0951. The Morgan fingerprint density at radius 3 is 2.59 bits per heavy atom. The highest BCUT2D eigenvalue weighted by atomic mass is 19.1. The average molecular weight is 300 g/mol. The van der Waals surface area contributed by atoms with Gasteiger partial charge in [0.05, 0.1) is 5.56 Å². The van der Waals surface area contributed by atoms with Crippen molar-refractivity contribution < 1.29 is 13.6 Å². The number of rotatable bonds is 3. The molecule has 0 atom stereocenters. The number of aryl methyl sites for hydroxylation is 1. The van der Waals surface area contributed by atoms with Gasteiger partial charge in [-0.05, 0) is 36.8 Å². The molecule has 0 aliphatic rings. The predicted octanol–water partition coefficient (Wildman–Crippen LogP) is 3.68. The number of benzene rings is 2. The van der Waals surface area contributed by atoms with E-state index < -0.39 is 5.82 Å².